The van der Waals surface area contributed by atoms with Gasteiger partial charge in [-0.1, -0.05) is 6.92 Å². The largest absolute Gasteiger partial charge is 0.467 e. The van der Waals surface area contributed by atoms with Crippen molar-refractivity contribution >= 4 is 0 Å². The number of imidazole rings is 1. The molecule has 6 heteroatoms. The van der Waals surface area contributed by atoms with Gasteiger partial charge in [0.1, 0.15) is 5.82 Å². The van der Waals surface area contributed by atoms with Crippen molar-refractivity contribution in [2.45, 2.75) is 32.7 Å². The minimum atomic E-state index is 0.384. The maximum absolute atomic E-state index is 5.01. The first kappa shape index (κ1) is 15.9. The van der Waals surface area contributed by atoms with E-state index in [1.54, 1.807) is 19.5 Å². The highest BCUT2D eigenvalue weighted by molar-refractivity contribution is 5.52. The van der Waals surface area contributed by atoms with E-state index in [1.165, 1.54) is 38.9 Å². The summed E-state index contributed by atoms with van der Waals surface area (Å²) in [5.74, 6) is 1.75. The third-order valence-electron chi connectivity index (χ3n) is 4.72. The number of nitrogens with zero attached hydrogens (tertiary/aromatic N) is 5. The van der Waals surface area contributed by atoms with Crippen molar-refractivity contribution in [3.8, 4) is 17.4 Å². The van der Waals surface area contributed by atoms with Crippen molar-refractivity contribution in [2.75, 3.05) is 26.7 Å². The number of hydrogen-bond acceptors (Lipinski definition) is 5. The highest BCUT2D eigenvalue weighted by Crippen LogP contribution is 2.23. The van der Waals surface area contributed by atoms with Crippen LogP contribution in [0.4, 0.5) is 0 Å². The summed E-state index contributed by atoms with van der Waals surface area (Å²) in [6, 6.07) is 0.384. The van der Waals surface area contributed by atoms with Crippen LogP contribution in [0.2, 0.25) is 0 Å². The van der Waals surface area contributed by atoms with Crippen LogP contribution in [0.5, 0.6) is 6.01 Å². The predicted octanol–water partition coefficient (Wildman–Crippen LogP) is 2.47. The molecule has 2 aromatic heterocycles. The molecular weight excluding hydrogens is 290 g/mol. The van der Waals surface area contributed by atoms with E-state index in [0.29, 0.717) is 6.01 Å². The summed E-state index contributed by atoms with van der Waals surface area (Å²) in [5, 5.41) is 0. The van der Waals surface area contributed by atoms with E-state index < -0.39 is 0 Å². The van der Waals surface area contributed by atoms with Crippen molar-refractivity contribution in [1.29, 1.82) is 0 Å². The number of piperidine rings is 1. The molecule has 0 N–H and O–H groups in total. The van der Waals surface area contributed by atoms with E-state index in [1.807, 2.05) is 12.4 Å². The first-order valence-corrected chi connectivity index (χ1v) is 8.40. The predicted molar refractivity (Wildman–Crippen MR) is 89.3 cm³/mol. The summed E-state index contributed by atoms with van der Waals surface area (Å²) >= 11 is 0. The Balaban J connectivity index is 1.60. The second-order valence-electron chi connectivity index (χ2n) is 6.07. The lowest BCUT2D eigenvalue weighted by Crippen LogP contribution is -2.33. The Labute approximate surface area is 137 Å². The van der Waals surface area contributed by atoms with Gasteiger partial charge < -0.3 is 14.2 Å². The van der Waals surface area contributed by atoms with E-state index in [2.05, 4.69) is 31.3 Å². The Kier molecular flexibility index (Phi) is 5.23. The number of rotatable bonds is 6. The number of methoxy groups -OCH3 is 1. The Morgan fingerprint density at radius 1 is 1.17 bits per heavy atom. The normalized spacial score (nSPS) is 16.6. The number of aryl methyl sites for hydroxylation is 1. The maximum Gasteiger partial charge on any atom is 0.316 e. The monoisotopic (exact) mass is 315 g/mol. The SMILES string of the molecule is CCN1CCC(CCn2ccnc2-c2cnc(OC)nc2)CC1. The van der Waals surface area contributed by atoms with Crippen LogP contribution < -0.4 is 4.74 Å². The van der Waals surface area contributed by atoms with Gasteiger partial charge in [0.25, 0.3) is 0 Å². The van der Waals surface area contributed by atoms with Crippen LogP contribution in [0, 0.1) is 5.92 Å². The molecule has 0 amide bonds. The average molecular weight is 315 g/mol. The van der Waals surface area contributed by atoms with Crippen LogP contribution >= 0.6 is 0 Å². The second kappa shape index (κ2) is 7.55. The van der Waals surface area contributed by atoms with Crippen molar-refractivity contribution in [3.63, 3.8) is 0 Å². The molecule has 124 valence electrons. The lowest BCUT2D eigenvalue weighted by atomic mass is 9.93. The van der Waals surface area contributed by atoms with Gasteiger partial charge in [0, 0.05) is 31.3 Å². The molecule has 0 spiro atoms. The first-order chi connectivity index (χ1) is 11.3. The maximum atomic E-state index is 5.01. The van der Waals surface area contributed by atoms with Gasteiger partial charge in [-0.25, -0.2) is 15.0 Å². The van der Waals surface area contributed by atoms with Crippen LogP contribution in [0.3, 0.4) is 0 Å². The average Bonchev–Trinajstić information content (AvgIpc) is 3.09. The third kappa shape index (κ3) is 3.88. The number of aromatic nitrogens is 4. The second-order valence-corrected chi connectivity index (χ2v) is 6.07. The molecule has 1 fully saturated rings. The zero-order valence-corrected chi connectivity index (χ0v) is 14.0. The fourth-order valence-corrected chi connectivity index (χ4v) is 3.20. The lowest BCUT2D eigenvalue weighted by Gasteiger charge is -2.31. The van der Waals surface area contributed by atoms with Crippen molar-refractivity contribution in [2.24, 2.45) is 5.92 Å². The molecule has 0 aromatic carbocycles. The minimum Gasteiger partial charge on any atom is -0.467 e. The fraction of sp³-hybridized carbons (Fsp3) is 0.588. The van der Waals surface area contributed by atoms with Crippen LogP contribution in [0.15, 0.2) is 24.8 Å². The standard InChI is InChI=1S/C17H25N5O/c1-3-21-8-4-14(5-9-21)6-10-22-11-7-18-16(22)15-12-19-17(23-2)20-13-15/h7,11-14H,3-6,8-10H2,1-2H3. The summed E-state index contributed by atoms with van der Waals surface area (Å²) in [6.45, 7) is 6.90. The van der Waals surface area contributed by atoms with Crippen molar-refractivity contribution in [3.05, 3.63) is 24.8 Å². The van der Waals surface area contributed by atoms with Gasteiger partial charge in [-0.2, -0.15) is 0 Å². The van der Waals surface area contributed by atoms with Crippen LogP contribution in [0.25, 0.3) is 11.4 Å². The van der Waals surface area contributed by atoms with Gasteiger partial charge in [-0.15, -0.1) is 0 Å². The van der Waals surface area contributed by atoms with Gasteiger partial charge in [-0.3, -0.25) is 0 Å². The Morgan fingerprint density at radius 3 is 2.57 bits per heavy atom. The lowest BCUT2D eigenvalue weighted by molar-refractivity contribution is 0.183. The Bertz CT molecular complexity index is 602. The van der Waals surface area contributed by atoms with Gasteiger partial charge in [-0.05, 0) is 44.8 Å². The van der Waals surface area contributed by atoms with E-state index in [0.717, 1.165) is 23.9 Å². The molecule has 3 rings (SSSR count). The summed E-state index contributed by atoms with van der Waals surface area (Å²) in [4.78, 5) is 15.3. The van der Waals surface area contributed by atoms with E-state index in [4.69, 9.17) is 4.74 Å². The Morgan fingerprint density at radius 2 is 1.91 bits per heavy atom. The number of hydrogen-bond donors (Lipinski definition) is 0. The highest BCUT2D eigenvalue weighted by Gasteiger charge is 2.18. The number of likely N-dealkylation sites (tertiary alicyclic amines) is 1. The molecule has 1 saturated heterocycles. The zero-order valence-electron chi connectivity index (χ0n) is 14.0. The van der Waals surface area contributed by atoms with Gasteiger partial charge in [0.05, 0.1) is 12.7 Å². The molecule has 0 bridgehead atoms. The molecule has 1 aliphatic rings. The molecule has 0 radical (unpaired) electrons. The summed E-state index contributed by atoms with van der Waals surface area (Å²) in [7, 11) is 1.57. The van der Waals surface area contributed by atoms with Gasteiger partial charge >= 0.3 is 6.01 Å². The fourth-order valence-electron chi connectivity index (χ4n) is 3.20. The molecule has 3 heterocycles. The van der Waals surface area contributed by atoms with E-state index in [-0.39, 0.29) is 0 Å². The summed E-state index contributed by atoms with van der Waals surface area (Å²) in [5.41, 5.74) is 0.927. The molecular formula is C17H25N5O. The third-order valence-corrected chi connectivity index (χ3v) is 4.72. The van der Waals surface area contributed by atoms with E-state index >= 15 is 0 Å². The molecule has 2 aromatic rings. The minimum absolute atomic E-state index is 0.384. The smallest absolute Gasteiger partial charge is 0.316 e. The quantitative estimate of drug-likeness (QED) is 0.819. The molecule has 0 unspecified atom stereocenters. The molecule has 6 nitrogen and oxygen atoms in total. The molecule has 0 atom stereocenters. The summed E-state index contributed by atoms with van der Waals surface area (Å²) < 4.78 is 7.21. The highest BCUT2D eigenvalue weighted by atomic mass is 16.5. The van der Waals surface area contributed by atoms with Crippen molar-refractivity contribution in [1.82, 2.24) is 24.4 Å². The molecule has 23 heavy (non-hydrogen) atoms. The van der Waals surface area contributed by atoms with Gasteiger partial charge in [0.2, 0.25) is 0 Å². The van der Waals surface area contributed by atoms with Crippen molar-refractivity contribution < 1.29 is 4.74 Å². The Hall–Kier alpha value is -1.95. The van der Waals surface area contributed by atoms with Gasteiger partial charge in [0.15, 0.2) is 0 Å². The first-order valence-electron chi connectivity index (χ1n) is 8.40. The van der Waals surface area contributed by atoms with Crippen LogP contribution in [-0.2, 0) is 6.54 Å². The van der Waals surface area contributed by atoms with Crippen LogP contribution in [-0.4, -0.2) is 51.2 Å². The summed E-state index contributed by atoms with van der Waals surface area (Å²) in [6.07, 6.45) is 11.2. The number of ether oxygens (including phenoxy) is 1. The molecule has 0 aliphatic carbocycles. The molecule has 1 aliphatic heterocycles. The topological polar surface area (TPSA) is 56.1 Å². The molecule has 0 saturated carbocycles. The zero-order chi connectivity index (χ0) is 16.1. The van der Waals surface area contributed by atoms with Crippen LogP contribution in [0.1, 0.15) is 26.2 Å². The van der Waals surface area contributed by atoms with E-state index in [9.17, 15) is 0 Å².